The summed E-state index contributed by atoms with van der Waals surface area (Å²) < 4.78 is 1.84. The van der Waals surface area contributed by atoms with Crippen molar-refractivity contribution in [3.05, 3.63) is 64.9 Å². The van der Waals surface area contributed by atoms with Gasteiger partial charge in [-0.2, -0.15) is 5.10 Å². The predicted molar refractivity (Wildman–Crippen MR) is 138 cm³/mol. The van der Waals surface area contributed by atoms with Gasteiger partial charge in [0.1, 0.15) is 17.5 Å². The van der Waals surface area contributed by atoms with E-state index in [1.165, 1.54) is 0 Å². The number of hydrogen-bond acceptors (Lipinski definition) is 5. The molecule has 2 aromatic heterocycles. The molecule has 0 radical (unpaired) electrons. The second-order valence-electron chi connectivity index (χ2n) is 9.01. The first kappa shape index (κ1) is 23.1. The summed E-state index contributed by atoms with van der Waals surface area (Å²) in [5.41, 5.74) is 3.35. The number of aromatic nitrogens is 4. The van der Waals surface area contributed by atoms with E-state index in [2.05, 4.69) is 28.7 Å². The van der Waals surface area contributed by atoms with Crippen molar-refractivity contribution >= 4 is 40.1 Å². The molecule has 34 heavy (non-hydrogen) atoms. The minimum absolute atomic E-state index is 0.260. The molecule has 0 aliphatic carbocycles. The Morgan fingerprint density at radius 1 is 1.00 bits per heavy atom. The van der Waals surface area contributed by atoms with Gasteiger partial charge in [0.05, 0.1) is 16.3 Å². The molecule has 176 valence electrons. The molecule has 6 nitrogen and oxygen atoms in total. The number of aliphatic hydroxyl groups is 1. The van der Waals surface area contributed by atoms with Crippen LogP contribution in [0.25, 0.3) is 28.0 Å². The summed E-state index contributed by atoms with van der Waals surface area (Å²) in [6.45, 7) is 5.68. The van der Waals surface area contributed by atoms with Gasteiger partial charge in [0.2, 0.25) is 0 Å². The van der Waals surface area contributed by atoms with Crippen LogP contribution in [0.4, 0.5) is 5.82 Å². The van der Waals surface area contributed by atoms with Gasteiger partial charge in [0.15, 0.2) is 11.3 Å². The van der Waals surface area contributed by atoms with Gasteiger partial charge in [-0.05, 0) is 43.0 Å². The zero-order chi connectivity index (χ0) is 23.9. The van der Waals surface area contributed by atoms with E-state index in [-0.39, 0.29) is 5.92 Å². The Morgan fingerprint density at radius 2 is 1.71 bits per heavy atom. The van der Waals surface area contributed by atoms with Gasteiger partial charge in [0.25, 0.3) is 0 Å². The molecule has 0 bridgehead atoms. The highest BCUT2D eigenvalue weighted by Crippen LogP contribution is 2.38. The number of hydrogen-bond donors (Lipinski definition) is 1. The van der Waals surface area contributed by atoms with Crippen LogP contribution in [0.15, 0.2) is 54.9 Å². The molecule has 1 aliphatic rings. The Morgan fingerprint density at radius 3 is 2.38 bits per heavy atom. The van der Waals surface area contributed by atoms with E-state index in [9.17, 15) is 5.11 Å². The Bertz CT molecular complexity index is 1310. The van der Waals surface area contributed by atoms with Gasteiger partial charge in [0, 0.05) is 23.7 Å². The summed E-state index contributed by atoms with van der Waals surface area (Å²) in [7, 11) is 0. The maximum atomic E-state index is 11.1. The fraction of sp³-hybridized carbons (Fsp3) is 0.346. The van der Waals surface area contributed by atoms with Crippen LogP contribution >= 0.6 is 23.2 Å². The van der Waals surface area contributed by atoms with Crippen molar-refractivity contribution in [3.63, 3.8) is 0 Å². The SMILES string of the molecule is CCC(C)C1(O)CCN(c2ncnc3c(-c4ccc(Cl)cc4)n(-c4ccccc4Cl)nc23)CC1. The lowest BCUT2D eigenvalue weighted by molar-refractivity contribution is -0.0339. The topological polar surface area (TPSA) is 67.1 Å². The second kappa shape index (κ2) is 9.17. The fourth-order valence-corrected chi connectivity index (χ4v) is 5.10. The smallest absolute Gasteiger partial charge is 0.160 e. The molecule has 1 saturated heterocycles. The van der Waals surface area contributed by atoms with E-state index in [1.807, 2.05) is 53.2 Å². The Balaban J connectivity index is 1.64. The van der Waals surface area contributed by atoms with E-state index >= 15 is 0 Å². The minimum Gasteiger partial charge on any atom is -0.389 e. The van der Waals surface area contributed by atoms with Crippen molar-refractivity contribution in [2.45, 2.75) is 38.7 Å². The largest absolute Gasteiger partial charge is 0.389 e. The lowest BCUT2D eigenvalue weighted by Gasteiger charge is -2.42. The van der Waals surface area contributed by atoms with Crippen LogP contribution in [0.2, 0.25) is 10.0 Å². The lowest BCUT2D eigenvalue weighted by Crippen LogP contribution is -2.48. The van der Waals surface area contributed by atoms with Crippen molar-refractivity contribution in [1.29, 1.82) is 0 Å². The van der Waals surface area contributed by atoms with Crippen LogP contribution in [0.5, 0.6) is 0 Å². The van der Waals surface area contributed by atoms with Crippen molar-refractivity contribution in [2.75, 3.05) is 18.0 Å². The van der Waals surface area contributed by atoms with Crippen molar-refractivity contribution in [1.82, 2.24) is 19.7 Å². The van der Waals surface area contributed by atoms with Crippen LogP contribution in [0.3, 0.4) is 0 Å². The summed E-state index contributed by atoms with van der Waals surface area (Å²) in [6.07, 6.45) is 3.94. The molecule has 5 rings (SSSR count). The van der Waals surface area contributed by atoms with Gasteiger partial charge in [-0.25, -0.2) is 14.6 Å². The first-order chi connectivity index (χ1) is 16.4. The number of nitrogens with zero attached hydrogens (tertiary/aromatic N) is 5. The quantitative estimate of drug-likeness (QED) is 0.358. The Labute approximate surface area is 209 Å². The molecule has 0 saturated carbocycles. The van der Waals surface area contributed by atoms with Crippen molar-refractivity contribution in [2.24, 2.45) is 5.92 Å². The summed E-state index contributed by atoms with van der Waals surface area (Å²) in [5.74, 6) is 1.04. The molecule has 1 aliphatic heterocycles. The van der Waals surface area contributed by atoms with E-state index in [1.54, 1.807) is 6.33 Å². The highest BCUT2D eigenvalue weighted by molar-refractivity contribution is 6.32. The molecule has 0 spiro atoms. The summed E-state index contributed by atoms with van der Waals surface area (Å²) in [5, 5.41) is 17.3. The number of rotatable bonds is 5. The van der Waals surface area contributed by atoms with Gasteiger partial charge in [-0.15, -0.1) is 0 Å². The standard InChI is InChI=1S/C26H27Cl2N5O/c1-3-17(2)26(34)12-14-32(15-13-26)25-23-22(29-16-30-25)24(18-8-10-19(27)11-9-18)33(31-23)21-7-5-4-6-20(21)28/h4-11,16-17,34H,3,12-15H2,1-2H3. The van der Waals surface area contributed by atoms with Crippen molar-refractivity contribution < 1.29 is 5.11 Å². The summed E-state index contributed by atoms with van der Waals surface area (Å²) in [4.78, 5) is 11.5. The maximum absolute atomic E-state index is 11.1. The van der Waals surface area contributed by atoms with Gasteiger partial charge in [-0.1, -0.05) is 67.7 Å². The second-order valence-corrected chi connectivity index (χ2v) is 9.86. The fourth-order valence-electron chi connectivity index (χ4n) is 4.76. The molecule has 1 atom stereocenters. The zero-order valence-corrected chi connectivity index (χ0v) is 20.8. The highest BCUT2D eigenvalue weighted by Gasteiger charge is 2.37. The van der Waals surface area contributed by atoms with Gasteiger partial charge < -0.3 is 10.0 Å². The number of para-hydroxylation sites is 1. The minimum atomic E-state index is -0.636. The first-order valence-corrected chi connectivity index (χ1v) is 12.4. The molecule has 3 heterocycles. The zero-order valence-electron chi connectivity index (χ0n) is 19.2. The van der Waals surface area contributed by atoms with Crippen LogP contribution in [0.1, 0.15) is 33.1 Å². The molecular formula is C26H27Cl2N5O. The molecule has 1 N–H and O–H groups in total. The van der Waals surface area contributed by atoms with Crippen LogP contribution < -0.4 is 4.90 Å². The molecule has 4 aromatic rings. The molecular weight excluding hydrogens is 469 g/mol. The molecule has 8 heteroatoms. The molecule has 2 aromatic carbocycles. The maximum Gasteiger partial charge on any atom is 0.160 e. The average molecular weight is 496 g/mol. The lowest BCUT2D eigenvalue weighted by atomic mass is 9.79. The Hall–Kier alpha value is -2.67. The number of fused-ring (bicyclic) bond motifs is 1. The van der Waals surface area contributed by atoms with E-state index in [4.69, 9.17) is 28.3 Å². The number of piperidine rings is 1. The summed E-state index contributed by atoms with van der Waals surface area (Å²) >= 11 is 12.7. The van der Waals surface area contributed by atoms with E-state index in [0.29, 0.717) is 41.5 Å². The number of halogens is 2. The van der Waals surface area contributed by atoms with Crippen LogP contribution in [-0.2, 0) is 0 Å². The predicted octanol–water partition coefficient (Wildman–Crippen LogP) is 6.17. The van der Waals surface area contributed by atoms with E-state index < -0.39 is 5.60 Å². The number of anilines is 1. The van der Waals surface area contributed by atoms with Crippen LogP contribution in [-0.4, -0.2) is 43.5 Å². The Kier molecular flexibility index (Phi) is 6.23. The third kappa shape index (κ3) is 4.04. The third-order valence-electron chi connectivity index (χ3n) is 7.10. The number of benzene rings is 2. The average Bonchev–Trinajstić information content (AvgIpc) is 3.24. The van der Waals surface area contributed by atoms with Crippen LogP contribution in [0, 0.1) is 5.92 Å². The van der Waals surface area contributed by atoms with Crippen molar-refractivity contribution in [3.8, 4) is 16.9 Å². The summed E-state index contributed by atoms with van der Waals surface area (Å²) in [6, 6.07) is 15.3. The molecule has 1 unspecified atom stereocenters. The monoisotopic (exact) mass is 495 g/mol. The normalized spacial score (nSPS) is 16.7. The molecule has 0 amide bonds. The van der Waals surface area contributed by atoms with Gasteiger partial charge in [-0.3, -0.25) is 0 Å². The molecule has 1 fully saturated rings. The van der Waals surface area contributed by atoms with Gasteiger partial charge >= 0.3 is 0 Å². The highest BCUT2D eigenvalue weighted by atomic mass is 35.5. The third-order valence-corrected chi connectivity index (χ3v) is 7.67. The first-order valence-electron chi connectivity index (χ1n) is 11.6. The van der Waals surface area contributed by atoms with E-state index in [0.717, 1.165) is 34.7 Å².